The Morgan fingerprint density at radius 1 is 0.266 bits per heavy atom. The van der Waals surface area contributed by atoms with Crippen LogP contribution < -0.4 is 5.73 Å². The van der Waals surface area contributed by atoms with Crippen molar-refractivity contribution in [3.05, 3.63) is 0 Å². The zero-order valence-corrected chi connectivity index (χ0v) is 44.0. The minimum Gasteiger partial charge on any atom is -0.340 e. The summed E-state index contributed by atoms with van der Waals surface area (Å²) in [5.74, 6) is 0.0104. The van der Waals surface area contributed by atoms with Crippen molar-refractivity contribution < 1.29 is 14.4 Å². The van der Waals surface area contributed by atoms with Gasteiger partial charge in [-0.05, 0) is 19.3 Å². The van der Waals surface area contributed by atoms with Crippen molar-refractivity contribution >= 4 is 17.7 Å². The Labute approximate surface area is 401 Å². The van der Waals surface area contributed by atoms with Crippen molar-refractivity contribution in [1.29, 1.82) is 0 Å². The molecule has 0 spiro atoms. The SMILES string of the molecule is CCCCCCCCCCCCCCCCCC(=O)N(CCN)CCN(C(=O)CCCCCCCCCCCCCCCCC)C(=O)CCCCCCCCCCCCCCCCC. The quantitative estimate of drug-likeness (QED) is 0.0617. The van der Waals surface area contributed by atoms with E-state index in [1.165, 1.54) is 242 Å². The van der Waals surface area contributed by atoms with Crippen LogP contribution in [0.2, 0.25) is 0 Å². The fourth-order valence-electron chi connectivity index (χ4n) is 9.50. The van der Waals surface area contributed by atoms with Gasteiger partial charge in [0.05, 0.1) is 0 Å². The molecule has 0 saturated carbocycles. The van der Waals surface area contributed by atoms with Crippen LogP contribution in [0.5, 0.6) is 0 Å². The van der Waals surface area contributed by atoms with Gasteiger partial charge in [0.25, 0.3) is 0 Å². The molecule has 2 N–H and O–H groups in total. The molecule has 380 valence electrons. The van der Waals surface area contributed by atoms with Gasteiger partial charge in [0.15, 0.2) is 0 Å². The molecule has 0 aliphatic carbocycles. The first-order chi connectivity index (χ1) is 31.5. The molecule has 0 rings (SSSR count). The molecule has 64 heavy (non-hydrogen) atoms. The van der Waals surface area contributed by atoms with Crippen LogP contribution in [0, 0.1) is 0 Å². The number of carbonyl (C=O) groups excluding carboxylic acids is 3. The summed E-state index contributed by atoms with van der Waals surface area (Å²) in [5, 5.41) is 0. The summed E-state index contributed by atoms with van der Waals surface area (Å²) in [6, 6.07) is 0. The fraction of sp³-hybridized carbons (Fsp3) is 0.948. The van der Waals surface area contributed by atoms with E-state index in [1.807, 2.05) is 4.90 Å². The summed E-state index contributed by atoms with van der Waals surface area (Å²) in [5.41, 5.74) is 5.98. The van der Waals surface area contributed by atoms with Gasteiger partial charge < -0.3 is 10.6 Å². The van der Waals surface area contributed by atoms with Crippen LogP contribution in [-0.2, 0) is 14.4 Å². The summed E-state index contributed by atoms with van der Waals surface area (Å²) in [4.78, 5) is 43.9. The molecule has 0 fully saturated rings. The molecule has 0 aromatic rings. The third-order valence-corrected chi connectivity index (χ3v) is 13.9. The number of unbranched alkanes of at least 4 members (excludes halogenated alkanes) is 42. The van der Waals surface area contributed by atoms with E-state index in [4.69, 9.17) is 5.73 Å². The van der Waals surface area contributed by atoms with Crippen molar-refractivity contribution in [3.63, 3.8) is 0 Å². The van der Waals surface area contributed by atoms with E-state index >= 15 is 0 Å². The van der Waals surface area contributed by atoms with E-state index in [1.54, 1.807) is 0 Å². The smallest absolute Gasteiger partial charge is 0.229 e. The Kier molecular flexibility index (Phi) is 51.4. The van der Waals surface area contributed by atoms with Crippen LogP contribution in [0.4, 0.5) is 0 Å². The van der Waals surface area contributed by atoms with Crippen LogP contribution in [-0.4, -0.2) is 53.7 Å². The maximum absolute atomic E-state index is 13.6. The van der Waals surface area contributed by atoms with E-state index in [-0.39, 0.29) is 17.7 Å². The predicted octanol–water partition coefficient (Wildman–Crippen LogP) is 17.9. The zero-order valence-electron chi connectivity index (χ0n) is 44.0. The largest absolute Gasteiger partial charge is 0.340 e. The minimum absolute atomic E-state index is 0.0526. The van der Waals surface area contributed by atoms with Gasteiger partial charge in [-0.1, -0.05) is 290 Å². The second-order valence-electron chi connectivity index (χ2n) is 20.2. The lowest BCUT2D eigenvalue weighted by atomic mass is 10.0. The van der Waals surface area contributed by atoms with Gasteiger partial charge in [0.1, 0.15) is 0 Å². The summed E-state index contributed by atoms with van der Waals surface area (Å²) in [7, 11) is 0. The number of hydrogen-bond acceptors (Lipinski definition) is 4. The first-order valence-corrected chi connectivity index (χ1v) is 29.3. The molecule has 0 bridgehead atoms. The van der Waals surface area contributed by atoms with E-state index in [0.717, 1.165) is 51.4 Å². The summed E-state index contributed by atoms with van der Waals surface area (Å²) in [6.07, 6.45) is 59.7. The molecule has 6 heteroatoms. The third kappa shape index (κ3) is 44.4. The Morgan fingerprint density at radius 2 is 0.469 bits per heavy atom. The van der Waals surface area contributed by atoms with E-state index in [9.17, 15) is 14.4 Å². The van der Waals surface area contributed by atoms with Crippen LogP contribution in [0.15, 0.2) is 0 Å². The number of nitrogens with two attached hydrogens (primary N) is 1. The van der Waals surface area contributed by atoms with Gasteiger partial charge in [-0.25, -0.2) is 0 Å². The lowest BCUT2D eigenvalue weighted by Crippen LogP contribution is -2.45. The first kappa shape index (κ1) is 62.6. The number of hydrogen-bond donors (Lipinski definition) is 1. The maximum atomic E-state index is 13.6. The molecule has 0 unspecified atom stereocenters. The molecule has 0 radical (unpaired) electrons. The maximum Gasteiger partial charge on any atom is 0.229 e. The highest BCUT2D eigenvalue weighted by Crippen LogP contribution is 2.18. The van der Waals surface area contributed by atoms with Crippen LogP contribution in [0.3, 0.4) is 0 Å². The highest BCUT2D eigenvalue weighted by atomic mass is 16.2. The van der Waals surface area contributed by atoms with Crippen molar-refractivity contribution in [2.45, 2.75) is 329 Å². The average Bonchev–Trinajstić information content (AvgIpc) is 3.29. The second-order valence-corrected chi connectivity index (χ2v) is 20.2. The van der Waals surface area contributed by atoms with Gasteiger partial charge in [-0.3, -0.25) is 19.3 Å². The second kappa shape index (κ2) is 52.5. The summed E-state index contributed by atoms with van der Waals surface area (Å²) >= 11 is 0. The Morgan fingerprint density at radius 3 is 0.688 bits per heavy atom. The minimum atomic E-state index is -0.0526. The molecule has 0 heterocycles. The normalized spacial score (nSPS) is 11.4. The van der Waals surface area contributed by atoms with Gasteiger partial charge in [-0.15, -0.1) is 0 Å². The van der Waals surface area contributed by atoms with Gasteiger partial charge >= 0.3 is 0 Å². The average molecular weight is 903 g/mol. The highest BCUT2D eigenvalue weighted by molar-refractivity contribution is 5.95. The van der Waals surface area contributed by atoms with Crippen LogP contribution in [0.1, 0.15) is 329 Å². The van der Waals surface area contributed by atoms with Gasteiger partial charge in [0.2, 0.25) is 17.7 Å². The van der Waals surface area contributed by atoms with Gasteiger partial charge in [-0.2, -0.15) is 0 Å². The first-order valence-electron chi connectivity index (χ1n) is 29.3. The van der Waals surface area contributed by atoms with E-state index in [2.05, 4.69) is 20.8 Å². The van der Waals surface area contributed by atoms with E-state index in [0.29, 0.717) is 45.4 Å². The number of nitrogens with zero attached hydrogens (tertiary/aromatic N) is 2. The fourth-order valence-corrected chi connectivity index (χ4v) is 9.50. The number of imide groups is 1. The van der Waals surface area contributed by atoms with Gasteiger partial charge in [0, 0.05) is 45.4 Å². The molecule has 0 aliphatic rings. The van der Waals surface area contributed by atoms with Crippen LogP contribution >= 0.6 is 0 Å². The molecule has 0 aromatic heterocycles. The Hall–Kier alpha value is -1.43. The molecule has 0 atom stereocenters. The lowest BCUT2D eigenvalue weighted by molar-refractivity contribution is -0.146. The molecular weight excluding hydrogens is 787 g/mol. The molecule has 6 nitrogen and oxygen atoms in total. The van der Waals surface area contributed by atoms with Crippen molar-refractivity contribution in [2.24, 2.45) is 5.73 Å². The van der Waals surface area contributed by atoms with Crippen molar-refractivity contribution in [1.82, 2.24) is 9.80 Å². The van der Waals surface area contributed by atoms with Crippen LogP contribution in [0.25, 0.3) is 0 Å². The molecule has 0 aromatic carbocycles. The summed E-state index contributed by atoms with van der Waals surface area (Å²) < 4.78 is 0. The zero-order chi connectivity index (χ0) is 46.7. The molecule has 0 saturated heterocycles. The predicted molar refractivity (Wildman–Crippen MR) is 281 cm³/mol. The van der Waals surface area contributed by atoms with E-state index < -0.39 is 0 Å². The Bertz CT molecular complexity index is 926. The Balaban J connectivity index is 4.62. The standard InChI is InChI=1S/C58H115N3O3/c1-4-7-10-13-16-19-22-25-28-31-34-37-40-43-46-49-56(62)60(53-52-59)54-55-61(57(63)50-47-44-41-38-35-32-29-26-23-20-17-14-11-8-5-2)58(64)51-48-45-42-39-36-33-30-27-24-21-18-15-12-9-6-3/h4-55,59H2,1-3H3. The number of amides is 3. The highest BCUT2D eigenvalue weighted by Gasteiger charge is 2.23. The molecule has 3 amide bonds. The number of carbonyl (C=O) groups is 3. The topological polar surface area (TPSA) is 83.7 Å². The molecular formula is C58H115N3O3. The summed E-state index contributed by atoms with van der Waals surface area (Å²) in [6.45, 7) is 8.40. The molecule has 0 aliphatic heterocycles. The van der Waals surface area contributed by atoms with Crippen molar-refractivity contribution in [3.8, 4) is 0 Å². The van der Waals surface area contributed by atoms with Crippen molar-refractivity contribution in [2.75, 3.05) is 26.2 Å². The number of rotatable bonds is 53. The monoisotopic (exact) mass is 902 g/mol. The lowest BCUT2D eigenvalue weighted by Gasteiger charge is -2.27. The third-order valence-electron chi connectivity index (χ3n) is 13.9.